The zero-order valence-corrected chi connectivity index (χ0v) is 5.55. The van der Waals surface area contributed by atoms with Gasteiger partial charge in [0.05, 0.1) is 0 Å². The van der Waals surface area contributed by atoms with Gasteiger partial charge in [0.2, 0.25) is 0 Å². The smallest absolute Gasteiger partial charge is 0.0389 e. The van der Waals surface area contributed by atoms with Gasteiger partial charge < -0.3 is 0 Å². The highest BCUT2D eigenvalue weighted by Gasteiger charge is 2.11. The van der Waals surface area contributed by atoms with Crippen LogP contribution >= 0.6 is 0 Å². The second-order valence-corrected chi connectivity index (χ2v) is 2.56. The van der Waals surface area contributed by atoms with Gasteiger partial charge in [-0.2, -0.15) is 10.2 Å². The quantitative estimate of drug-likeness (QED) is 0.483. The SMILES string of the molecule is CC1(C)C=NNNN=C1. The molecule has 0 aliphatic carbocycles. The summed E-state index contributed by atoms with van der Waals surface area (Å²) < 4.78 is 0. The highest BCUT2D eigenvalue weighted by atomic mass is 15.7. The fraction of sp³-hybridized carbons (Fsp3) is 0.600. The lowest BCUT2D eigenvalue weighted by molar-refractivity contribution is 0.593. The lowest BCUT2D eigenvalue weighted by Gasteiger charge is -2.07. The van der Waals surface area contributed by atoms with Crippen LogP contribution in [0.5, 0.6) is 0 Å². The molecule has 1 rings (SSSR count). The van der Waals surface area contributed by atoms with Crippen LogP contribution in [-0.4, -0.2) is 12.4 Å². The van der Waals surface area contributed by atoms with Crippen molar-refractivity contribution in [1.82, 2.24) is 11.1 Å². The predicted molar refractivity (Wildman–Crippen MR) is 37.0 cm³/mol. The summed E-state index contributed by atoms with van der Waals surface area (Å²) in [6, 6.07) is 0. The molecule has 0 atom stereocenters. The van der Waals surface area contributed by atoms with Gasteiger partial charge in [-0.1, -0.05) is 0 Å². The van der Waals surface area contributed by atoms with Gasteiger partial charge in [-0.05, 0) is 13.8 Å². The Balaban J connectivity index is 2.70. The first-order chi connectivity index (χ1) is 4.21. The molecule has 1 aliphatic rings. The van der Waals surface area contributed by atoms with Gasteiger partial charge in [-0.25, -0.2) is 11.1 Å². The summed E-state index contributed by atoms with van der Waals surface area (Å²) in [5.41, 5.74) is 5.00. The Morgan fingerprint density at radius 3 is 2.00 bits per heavy atom. The molecule has 0 amide bonds. The van der Waals surface area contributed by atoms with E-state index >= 15 is 0 Å². The maximum atomic E-state index is 3.81. The highest BCUT2D eigenvalue weighted by molar-refractivity contribution is 5.88. The highest BCUT2D eigenvalue weighted by Crippen LogP contribution is 2.07. The molecule has 0 saturated carbocycles. The second-order valence-electron chi connectivity index (χ2n) is 2.56. The Bertz CT molecular complexity index is 131. The number of hydrazine groups is 1. The normalized spacial score (nSPS) is 22.0. The summed E-state index contributed by atoms with van der Waals surface area (Å²) >= 11 is 0. The molecule has 9 heavy (non-hydrogen) atoms. The van der Waals surface area contributed by atoms with Crippen LogP contribution in [0.4, 0.5) is 0 Å². The van der Waals surface area contributed by atoms with Crippen molar-refractivity contribution in [2.24, 2.45) is 15.6 Å². The van der Waals surface area contributed by atoms with Gasteiger partial charge in [0, 0.05) is 17.8 Å². The van der Waals surface area contributed by atoms with Crippen molar-refractivity contribution in [2.45, 2.75) is 13.8 Å². The Kier molecular flexibility index (Phi) is 1.38. The van der Waals surface area contributed by atoms with E-state index in [0.29, 0.717) is 0 Å². The maximum Gasteiger partial charge on any atom is 0.0389 e. The third-order valence-corrected chi connectivity index (χ3v) is 0.974. The lowest BCUT2D eigenvalue weighted by atomic mass is 9.98. The number of hydrazone groups is 2. The van der Waals surface area contributed by atoms with Crippen LogP contribution in [0.3, 0.4) is 0 Å². The van der Waals surface area contributed by atoms with Gasteiger partial charge in [-0.3, -0.25) is 0 Å². The van der Waals surface area contributed by atoms with E-state index in [-0.39, 0.29) is 5.41 Å². The number of rotatable bonds is 0. The average Bonchev–Trinajstić information content (AvgIpc) is 1.92. The summed E-state index contributed by atoms with van der Waals surface area (Å²) in [6.45, 7) is 4.04. The zero-order valence-electron chi connectivity index (χ0n) is 5.55. The molecule has 0 radical (unpaired) electrons. The van der Waals surface area contributed by atoms with Crippen molar-refractivity contribution < 1.29 is 0 Å². The van der Waals surface area contributed by atoms with Crippen LogP contribution in [0.1, 0.15) is 13.8 Å². The predicted octanol–water partition coefficient (Wildman–Crippen LogP) is 0.0920. The summed E-state index contributed by atoms with van der Waals surface area (Å²) in [7, 11) is 0. The van der Waals surface area contributed by atoms with Crippen LogP contribution in [0.2, 0.25) is 0 Å². The van der Waals surface area contributed by atoms with Crippen molar-refractivity contribution in [2.75, 3.05) is 0 Å². The van der Waals surface area contributed by atoms with Crippen molar-refractivity contribution in [3.63, 3.8) is 0 Å². The van der Waals surface area contributed by atoms with Gasteiger partial charge >= 0.3 is 0 Å². The topological polar surface area (TPSA) is 48.8 Å². The largest absolute Gasteiger partial charge is 0.205 e. The van der Waals surface area contributed by atoms with Crippen LogP contribution in [0.15, 0.2) is 10.2 Å². The van der Waals surface area contributed by atoms with Gasteiger partial charge in [0.15, 0.2) is 0 Å². The summed E-state index contributed by atoms with van der Waals surface area (Å²) in [5.74, 6) is 0. The third-order valence-electron chi connectivity index (χ3n) is 0.974. The lowest BCUT2D eigenvalue weighted by Crippen LogP contribution is -2.18. The fourth-order valence-corrected chi connectivity index (χ4v) is 0.488. The molecule has 1 aliphatic heterocycles. The average molecular weight is 126 g/mol. The molecule has 0 saturated heterocycles. The first-order valence-corrected chi connectivity index (χ1v) is 2.79. The molecule has 0 fully saturated rings. The minimum absolute atomic E-state index is 0.0451. The van der Waals surface area contributed by atoms with E-state index in [4.69, 9.17) is 0 Å². The second kappa shape index (κ2) is 2.05. The molecule has 0 unspecified atom stereocenters. The van der Waals surface area contributed by atoms with E-state index in [1.54, 1.807) is 12.4 Å². The molecule has 0 aromatic rings. The van der Waals surface area contributed by atoms with Crippen LogP contribution in [0.25, 0.3) is 0 Å². The van der Waals surface area contributed by atoms with Crippen LogP contribution in [-0.2, 0) is 0 Å². The van der Waals surface area contributed by atoms with E-state index in [1.165, 1.54) is 0 Å². The number of nitrogens with zero attached hydrogens (tertiary/aromatic N) is 2. The van der Waals surface area contributed by atoms with E-state index in [2.05, 4.69) is 21.3 Å². The Hall–Kier alpha value is -1.06. The van der Waals surface area contributed by atoms with E-state index in [0.717, 1.165) is 0 Å². The Morgan fingerprint density at radius 1 is 1.11 bits per heavy atom. The van der Waals surface area contributed by atoms with Crippen molar-refractivity contribution >= 4 is 12.4 Å². The molecule has 0 bridgehead atoms. The molecule has 0 aromatic heterocycles. The number of hydrogen-bond acceptors (Lipinski definition) is 4. The molecule has 1 heterocycles. The zero-order chi connectivity index (χ0) is 6.74. The summed E-state index contributed by atoms with van der Waals surface area (Å²) in [4.78, 5) is 0. The molecule has 0 aromatic carbocycles. The van der Waals surface area contributed by atoms with Crippen LogP contribution in [0, 0.1) is 5.41 Å². The van der Waals surface area contributed by atoms with E-state index in [1.807, 2.05) is 13.8 Å². The van der Waals surface area contributed by atoms with Crippen molar-refractivity contribution in [3.05, 3.63) is 0 Å². The monoisotopic (exact) mass is 126 g/mol. The summed E-state index contributed by atoms with van der Waals surface area (Å²) in [5, 5.41) is 7.62. The number of nitrogens with one attached hydrogen (secondary N) is 2. The molecule has 2 N–H and O–H groups in total. The molecule has 50 valence electrons. The Labute approximate surface area is 54.0 Å². The first kappa shape index (κ1) is 6.07. The van der Waals surface area contributed by atoms with E-state index in [9.17, 15) is 0 Å². The van der Waals surface area contributed by atoms with E-state index < -0.39 is 0 Å². The molecule has 0 spiro atoms. The standard InChI is InChI=1S/C5H10N4/c1-5(2)3-6-8-9-7-4-5/h3-4,8-9H,1-2H3. The summed E-state index contributed by atoms with van der Waals surface area (Å²) in [6.07, 6.45) is 3.58. The molecular formula is C5H10N4. The first-order valence-electron chi connectivity index (χ1n) is 2.79. The minimum atomic E-state index is -0.0451. The van der Waals surface area contributed by atoms with Crippen LogP contribution < -0.4 is 11.1 Å². The fourth-order valence-electron chi connectivity index (χ4n) is 0.488. The van der Waals surface area contributed by atoms with Crippen molar-refractivity contribution in [3.8, 4) is 0 Å². The van der Waals surface area contributed by atoms with Gasteiger partial charge in [0.1, 0.15) is 0 Å². The molecule has 4 heteroatoms. The molecule has 4 nitrogen and oxygen atoms in total. The van der Waals surface area contributed by atoms with Gasteiger partial charge in [-0.15, -0.1) is 0 Å². The van der Waals surface area contributed by atoms with Gasteiger partial charge in [0.25, 0.3) is 0 Å². The molecular weight excluding hydrogens is 116 g/mol. The maximum absolute atomic E-state index is 3.81. The minimum Gasteiger partial charge on any atom is -0.205 e. The Morgan fingerprint density at radius 2 is 1.56 bits per heavy atom. The number of hydrogen-bond donors (Lipinski definition) is 2. The third kappa shape index (κ3) is 1.71. The van der Waals surface area contributed by atoms with Crippen molar-refractivity contribution in [1.29, 1.82) is 0 Å².